The quantitative estimate of drug-likeness (QED) is 0.738. The summed E-state index contributed by atoms with van der Waals surface area (Å²) in [4.78, 5) is 0. The molecule has 0 amide bonds. The van der Waals surface area contributed by atoms with Gasteiger partial charge in [-0.2, -0.15) is 0 Å². The Morgan fingerprint density at radius 1 is 0.722 bits per heavy atom. The molecule has 2 nitrogen and oxygen atoms in total. The largest absolute Gasteiger partial charge is 0.312 e. The van der Waals surface area contributed by atoms with Crippen molar-refractivity contribution in [1.82, 2.24) is 10.6 Å². The van der Waals surface area contributed by atoms with E-state index < -0.39 is 0 Å². The summed E-state index contributed by atoms with van der Waals surface area (Å²) >= 11 is 0. The molecular formula is C16H28N2. The molecule has 0 unspecified atom stereocenters. The van der Waals surface area contributed by atoms with Crippen molar-refractivity contribution in [3.63, 3.8) is 0 Å². The minimum absolute atomic E-state index is 0.713. The van der Waals surface area contributed by atoms with E-state index >= 15 is 0 Å². The first-order valence-electron chi connectivity index (χ1n) is 7.07. The summed E-state index contributed by atoms with van der Waals surface area (Å²) in [5.41, 5.74) is 2.73. The van der Waals surface area contributed by atoms with Gasteiger partial charge >= 0.3 is 0 Å². The van der Waals surface area contributed by atoms with Gasteiger partial charge in [-0.3, -0.25) is 0 Å². The molecule has 0 fully saturated rings. The van der Waals surface area contributed by atoms with Gasteiger partial charge in [0.1, 0.15) is 0 Å². The highest BCUT2D eigenvalue weighted by atomic mass is 14.9. The van der Waals surface area contributed by atoms with E-state index in [1.54, 1.807) is 0 Å². The number of rotatable bonds is 8. The van der Waals surface area contributed by atoms with Gasteiger partial charge < -0.3 is 10.6 Å². The first-order valence-corrected chi connectivity index (χ1v) is 7.07. The van der Waals surface area contributed by atoms with Crippen LogP contribution in [0.4, 0.5) is 0 Å². The average Bonchev–Trinajstić information content (AvgIpc) is 2.30. The van der Waals surface area contributed by atoms with Crippen molar-refractivity contribution in [2.45, 2.75) is 40.8 Å². The maximum atomic E-state index is 3.46. The zero-order valence-corrected chi connectivity index (χ0v) is 12.3. The Bertz CT molecular complexity index is 281. The number of hydrogen-bond donors (Lipinski definition) is 2. The van der Waals surface area contributed by atoms with E-state index in [2.05, 4.69) is 62.6 Å². The molecular weight excluding hydrogens is 220 g/mol. The van der Waals surface area contributed by atoms with Gasteiger partial charge in [0.25, 0.3) is 0 Å². The van der Waals surface area contributed by atoms with E-state index in [1.807, 2.05) is 0 Å². The highest BCUT2D eigenvalue weighted by Gasteiger charge is 1.97. The first kappa shape index (κ1) is 15.2. The SMILES string of the molecule is CC(C)CNCc1ccc(CNCC(C)C)cc1. The van der Waals surface area contributed by atoms with E-state index in [4.69, 9.17) is 0 Å². The number of hydrogen-bond acceptors (Lipinski definition) is 2. The van der Waals surface area contributed by atoms with Crippen molar-refractivity contribution in [2.24, 2.45) is 11.8 Å². The molecule has 0 aliphatic heterocycles. The molecule has 1 aromatic carbocycles. The van der Waals surface area contributed by atoms with E-state index in [0.29, 0.717) is 11.8 Å². The fourth-order valence-corrected chi connectivity index (χ4v) is 1.79. The van der Waals surface area contributed by atoms with Crippen molar-refractivity contribution < 1.29 is 0 Å². The minimum atomic E-state index is 0.713. The van der Waals surface area contributed by atoms with Crippen molar-refractivity contribution >= 4 is 0 Å². The summed E-state index contributed by atoms with van der Waals surface area (Å²) in [6.45, 7) is 13.0. The molecule has 0 radical (unpaired) electrons. The Labute approximate surface area is 112 Å². The molecule has 0 atom stereocenters. The molecule has 0 heterocycles. The summed E-state index contributed by atoms with van der Waals surface area (Å²) in [6.07, 6.45) is 0. The molecule has 1 aromatic rings. The monoisotopic (exact) mass is 248 g/mol. The molecule has 2 heteroatoms. The normalized spacial score (nSPS) is 11.4. The Morgan fingerprint density at radius 3 is 1.33 bits per heavy atom. The maximum absolute atomic E-state index is 3.46. The highest BCUT2D eigenvalue weighted by molar-refractivity contribution is 5.22. The van der Waals surface area contributed by atoms with Crippen LogP contribution in [0.2, 0.25) is 0 Å². The predicted molar refractivity (Wildman–Crippen MR) is 79.5 cm³/mol. The van der Waals surface area contributed by atoms with Crippen LogP contribution < -0.4 is 10.6 Å². The molecule has 0 bridgehead atoms. The van der Waals surface area contributed by atoms with Crippen LogP contribution in [0.25, 0.3) is 0 Å². The standard InChI is InChI=1S/C16H28N2/c1-13(2)9-17-11-15-5-7-16(8-6-15)12-18-10-14(3)4/h5-8,13-14,17-18H,9-12H2,1-4H3. The topological polar surface area (TPSA) is 24.1 Å². The fraction of sp³-hybridized carbons (Fsp3) is 0.625. The molecule has 2 N–H and O–H groups in total. The Kier molecular flexibility index (Phi) is 6.99. The van der Waals surface area contributed by atoms with E-state index in [0.717, 1.165) is 26.2 Å². The summed E-state index contributed by atoms with van der Waals surface area (Å²) in [6, 6.07) is 8.89. The van der Waals surface area contributed by atoms with Crippen LogP contribution in [0.15, 0.2) is 24.3 Å². The molecule has 0 saturated carbocycles. The summed E-state index contributed by atoms with van der Waals surface area (Å²) in [7, 11) is 0. The zero-order valence-electron chi connectivity index (χ0n) is 12.3. The minimum Gasteiger partial charge on any atom is -0.312 e. The average molecular weight is 248 g/mol. The molecule has 18 heavy (non-hydrogen) atoms. The molecule has 0 aromatic heterocycles. The Hall–Kier alpha value is -0.860. The van der Waals surface area contributed by atoms with Crippen molar-refractivity contribution in [2.75, 3.05) is 13.1 Å². The molecule has 0 aliphatic rings. The number of nitrogens with one attached hydrogen (secondary N) is 2. The van der Waals surface area contributed by atoms with Crippen LogP contribution in [-0.2, 0) is 13.1 Å². The molecule has 0 saturated heterocycles. The van der Waals surface area contributed by atoms with Gasteiger partial charge in [0.05, 0.1) is 0 Å². The van der Waals surface area contributed by atoms with E-state index in [1.165, 1.54) is 11.1 Å². The predicted octanol–water partition coefficient (Wildman–Crippen LogP) is 3.18. The van der Waals surface area contributed by atoms with Crippen LogP contribution >= 0.6 is 0 Å². The summed E-state index contributed by atoms with van der Waals surface area (Å²) in [5, 5.41) is 6.93. The summed E-state index contributed by atoms with van der Waals surface area (Å²) in [5.74, 6) is 1.43. The lowest BCUT2D eigenvalue weighted by molar-refractivity contribution is 0.550. The van der Waals surface area contributed by atoms with Gasteiger partial charge in [-0.25, -0.2) is 0 Å². The van der Waals surface area contributed by atoms with Crippen LogP contribution in [0.3, 0.4) is 0 Å². The third kappa shape index (κ3) is 6.77. The number of benzene rings is 1. The van der Waals surface area contributed by atoms with Gasteiger partial charge in [-0.05, 0) is 36.1 Å². The van der Waals surface area contributed by atoms with Crippen molar-refractivity contribution in [3.8, 4) is 0 Å². The second kappa shape index (κ2) is 8.28. The van der Waals surface area contributed by atoms with Gasteiger partial charge in [-0.15, -0.1) is 0 Å². The second-order valence-electron chi connectivity index (χ2n) is 5.87. The Balaban J connectivity index is 2.28. The van der Waals surface area contributed by atoms with Crippen molar-refractivity contribution in [1.29, 1.82) is 0 Å². The van der Waals surface area contributed by atoms with Crippen molar-refractivity contribution in [3.05, 3.63) is 35.4 Å². The van der Waals surface area contributed by atoms with Crippen LogP contribution in [0.5, 0.6) is 0 Å². The van der Waals surface area contributed by atoms with E-state index in [-0.39, 0.29) is 0 Å². The maximum Gasteiger partial charge on any atom is 0.0205 e. The van der Waals surface area contributed by atoms with Gasteiger partial charge in [-0.1, -0.05) is 52.0 Å². The lowest BCUT2D eigenvalue weighted by Gasteiger charge is -2.09. The zero-order chi connectivity index (χ0) is 13.4. The summed E-state index contributed by atoms with van der Waals surface area (Å²) < 4.78 is 0. The van der Waals surface area contributed by atoms with Crippen LogP contribution in [0, 0.1) is 11.8 Å². The lowest BCUT2D eigenvalue weighted by atomic mass is 10.1. The second-order valence-corrected chi connectivity index (χ2v) is 5.87. The third-order valence-electron chi connectivity index (χ3n) is 2.79. The first-order chi connectivity index (χ1) is 8.58. The van der Waals surface area contributed by atoms with Gasteiger partial charge in [0, 0.05) is 13.1 Å². The highest BCUT2D eigenvalue weighted by Crippen LogP contribution is 2.04. The van der Waals surface area contributed by atoms with E-state index in [9.17, 15) is 0 Å². The Morgan fingerprint density at radius 2 is 1.06 bits per heavy atom. The molecule has 0 spiro atoms. The fourth-order valence-electron chi connectivity index (χ4n) is 1.79. The third-order valence-corrected chi connectivity index (χ3v) is 2.79. The smallest absolute Gasteiger partial charge is 0.0205 e. The molecule has 0 aliphatic carbocycles. The van der Waals surface area contributed by atoms with Gasteiger partial charge in [0.2, 0.25) is 0 Å². The molecule has 1 rings (SSSR count). The van der Waals surface area contributed by atoms with Crippen LogP contribution in [-0.4, -0.2) is 13.1 Å². The lowest BCUT2D eigenvalue weighted by Crippen LogP contribution is -2.19. The van der Waals surface area contributed by atoms with Gasteiger partial charge in [0.15, 0.2) is 0 Å². The molecule has 102 valence electrons. The van der Waals surface area contributed by atoms with Crippen LogP contribution in [0.1, 0.15) is 38.8 Å².